The number of aliphatic carboxylic acids is 1. The first-order valence-electron chi connectivity index (χ1n) is 2.80. The van der Waals surface area contributed by atoms with Crippen molar-refractivity contribution in [1.82, 2.24) is 0 Å². The van der Waals surface area contributed by atoms with Crippen LogP contribution in [0.3, 0.4) is 0 Å². The predicted octanol–water partition coefficient (Wildman–Crippen LogP) is 0.402. The van der Waals surface area contributed by atoms with Gasteiger partial charge in [-0.2, -0.15) is 0 Å². The third-order valence-corrected chi connectivity index (χ3v) is 1.23. The molecule has 0 aromatic heterocycles. The summed E-state index contributed by atoms with van der Waals surface area (Å²) in [5.41, 5.74) is 0. The first-order chi connectivity index (χ1) is 4.54. The summed E-state index contributed by atoms with van der Waals surface area (Å²) in [5.74, 6) is -0.745. The van der Waals surface area contributed by atoms with Crippen LogP contribution in [0.25, 0.3) is 0 Å². The Hall–Kier alpha value is 0.576. The van der Waals surface area contributed by atoms with Crippen LogP contribution in [0, 0.1) is 0 Å². The molecule has 0 unspecified atom stereocenters. The molecule has 0 aromatic rings. The van der Waals surface area contributed by atoms with E-state index >= 15 is 0 Å². The second kappa shape index (κ2) is 9.58. The number of carbonyl (C=O) groups is 2. The van der Waals surface area contributed by atoms with Crippen molar-refractivity contribution in [3.8, 4) is 0 Å². The van der Waals surface area contributed by atoms with Gasteiger partial charge >= 0.3 is 71.6 Å². The van der Waals surface area contributed by atoms with E-state index in [-0.39, 0.29) is 55.4 Å². The molecule has 0 aliphatic heterocycles. The van der Waals surface area contributed by atoms with Crippen LogP contribution in [0.2, 0.25) is 0 Å². The zero-order valence-electron chi connectivity index (χ0n) is 6.38. The zero-order chi connectivity index (χ0) is 8.57. The molecule has 0 rings (SSSR count). The van der Waals surface area contributed by atoms with Crippen molar-refractivity contribution in [3.05, 3.63) is 0 Å². The summed E-state index contributed by atoms with van der Waals surface area (Å²) in [7, 11) is 1.40. The van der Waals surface area contributed by atoms with Gasteiger partial charge in [0.25, 0.3) is 0 Å². The van der Waals surface area contributed by atoms with E-state index in [2.05, 4.69) is 4.74 Å². The van der Waals surface area contributed by atoms with Crippen molar-refractivity contribution in [2.45, 2.75) is 13.3 Å². The number of carboxylic acid groups (broad SMARTS) is 1. The van der Waals surface area contributed by atoms with Crippen molar-refractivity contribution in [1.29, 1.82) is 0 Å². The van der Waals surface area contributed by atoms with E-state index in [9.17, 15) is 9.59 Å². The fourth-order valence-electron chi connectivity index (χ4n) is 0. The quantitative estimate of drug-likeness (QED) is 0.581. The molecule has 0 heterocycles. The summed E-state index contributed by atoms with van der Waals surface area (Å²) < 4.78 is 4.14. The molecular formula is C5H9KO4. The van der Waals surface area contributed by atoms with Gasteiger partial charge in [0, 0.05) is 6.42 Å². The van der Waals surface area contributed by atoms with Crippen LogP contribution in [0.5, 0.6) is 0 Å². The molecule has 0 spiro atoms. The van der Waals surface area contributed by atoms with Crippen LogP contribution < -0.4 is 0 Å². The van der Waals surface area contributed by atoms with Gasteiger partial charge in [-0.25, -0.2) is 0 Å². The molecule has 0 radical (unpaired) electrons. The van der Waals surface area contributed by atoms with E-state index in [0.717, 1.165) is 0 Å². The SMILES string of the molecule is CCC(=O)O.CO[C](=O)[K]. The van der Waals surface area contributed by atoms with Crippen molar-refractivity contribution in [2.24, 2.45) is 0 Å². The molecule has 0 amide bonds. The zero-order valence-corrected chi connectivity index (χ0v) is 9.50. The molecule has 54 valence electrons. The Morgan fingerprint density at radius 1 is 1.60 bits per heavy atom. The van der Waals surface area contributed by atoms with Crippen molar-refractivity contribution in [3.63, 3.8) is 0 Å². The van der Waals surface area contributed by atoms with Crippen molar-refractivity contribution < 1.29 is 19.4 Å². The molecule has 5 heteroatoms. The summed E-state index contributed by atoms with van der Waals surface area (Å²) in [6.45, 7) is 1.60. The van der Waals surface area contributed by atoms with E-state index in [1.165, 1.54) is 7.11 Å². The molecule has 0 saturated carbocycles. The van der Waals surface area contributed by atoms with Gasteiger partial charge in [-0.1, -0.05) is 6.92 Å². The normalized spacial score (nSPS) is 7.20. The number of hydrogen-bond donors (Lipinski definition) is 1. The molecule has 0 atom stereocenters. The van der Waals surface area contributed by atoms with E-state index < -0.39 is 5.97 Å². The number of hydrogen-bond acceptors (Lipinski definition) is 3. The van der Waals surface area contributed by atoms with Crippen LogP contribution >= 0.6 is 0 Å². The maximum absolute atomic E-state index is 9.67. The minimum absolute atomic E-state index is 0.0579. The Morgan fingerprint density at radius 3 is 1.80 bits per heavy atom. The van der Waals surface area contributed by atoms with Crippen LogP contribution in [0.15, 0.2) is 0 Å². The number of rotatable bonds is 1. The topological polar surface area (TPSA) is 63.6 Å². The number of methoxy groups -OCH3 is 1. The molecule has 0 bridgehead atoms. The fourth-order valence-corrected chi connectivity index (χ4v) is 0. The molecule has 1 N–H and O–H groups in total. The molecule has 0 aliphatic carbocycles. The summed E-state index contributed by atoms with van der Waals surface area (Å²) in [4.78, 5) is 19.0. The first kappa shape index (κ1) is 13.2. The van der Waals surface area contributed by atoms with Gasteiger partial charge in [0.1, 0.15) is 0 Å². The predicted molar refractivity (Wildman–Crippen MR) is 36.1 cm³/mol. The van der Waals surface area contributed by atoms with Gasteiger partial charge in [-0.15, -0.1) is 0 Å². The Balaban J connectivity index is 0. The number of ether oxygens (including phenoxy) is 1. The van der Waals surface area contributed by atoms with Gasteiger partial charge in [0.15, 0.2) is 0 Å². The van der Waals surface area contributed by atoms with Gasteiger partial charge in [-0.05, 0) is 0 Å². The van der Waals surface area contributed by atoms with Crippen molar-refractivity contribution >= 4 is 55.0 Å². The molecule has 0 aromatic carbocycles. The number of carbonyl (C=O) groups excluding carboxylic acids is 1. The van der Waals surface area contributed by atoms with Gasteiger partial charge in [0.2, 0.25) is 0 Å². The fraction of sp³-hybridized carbons (Fsp3) is 0.600. The van der Waals surface area contributed by atoms with E-state index in [1.54, 1.807) is 6.92 Å². The van der Waals surface area contributed by atoms with Gasteiger partial charge in [0.05, 0.1) is 0 Å². The van der Waals surface area contributed by atoms with Gasteiger partial charge in [-0.3, -0.25) is 4.79 Å². The van der Waals surface area contributed by atoms with Crippen LogP contribution in [0.1, 0.15) is 13.3 Å². The second-order valence-corrected chi connectivity index (χ2v) is 2.72. The summed E-state index contributed by atoms with van der Waals surface area (Å²) in [6.07, 6.45) is 0.222. The van der Waals surface area contributed by atoms with Crippen LogP contribution in [0.4, 0.5) is 4.79 Å². The Kier molecular flexibility index (Phi) is 12.6. The molecule has 0 saturated heterocycles. The molecule has 0 aliphatic rings. The number of carboxylic acids is 1. The van der Waals surface area contributed by atoms with E-state index in [0.29, 0.717) is 0 Å². The Labute approximate surface area is 93.5 Å². The Bertz CT molecular complexity index is 98.2. The molecular weight excluding hydrogens is 163 g/mol. The monoisotopic (exact) mass is 172 g/mol. The second-order valence-electron chi connectivity index (χ2n) is 1.44. The third-order valence-electron chi connectivity index (χ3n) is 0.590. The maximum atomic E-state index is 9.67. The van der Waals surface area contributed by atoms with E-state index in [1.807, 2.05) is 0 Å². The third kappa shape index (κ3) is 23.5. The average Bonchev–Trinajstić information content (AvgIpc) is 1.89. The van der Waals surface area contributed by atoms with E-state index in [4.69, 9.17) is 5.11 Å². The van der Waals surface area contributed by atoms with Crippen molar-refractivity contribution in [2.75, 3.05) is 7.11 Å². The first-order valence-corrected chi connectivity index (χ1v) is 4.37. The van der Waals surface area contributed by atoms with Crippen LogP contribution in [-0.4, -0.2) is 67.2 Å². The molecule has 10 heavy (non-hydrogen) atoms. The Morgan fingerprint density at radius 2 is 1.80 bits per heavy atom. The molecule has 0 fully saturated rings. The average molecular weight is 172 g/mol. The van der Waals surface area contributed by atoms with Gasteiger partial charge < -0.3 is 5.11 Å². The minimum atomic E-state index is -0.745. The summed E-state index contributed by atoms with van der Waals surface area (Å²) in [5, 5.41) is 7.72. The summed E-state index contributed by atoms with van der Waals surface area (Å²) >= 11 is 0.210. The van der Waals surface area contributed by atoms with Crippen LogP contribution in [-0.2, 0) is 9.53 Å². The molecule has 4 nitrogen and oxygen atoms in total. The summed E-state index contributed by atoms with van der Waals surface area (Å²) in [6, 6.07) is 0. The standard InChI is InChI=1S/C3H6O2.C2H3O2.K/c1-2-3(4)5;1-4-2-3;/h2H2,1H3,(H,4,5);1H3;.